The number of likely N-dealkylation sites (tertiary alicyclic amines) is 1. The lowest BCUT2D eigenvalue weighted by molar-refractivity contribution is 0.155. The third-order valence-corrected chi connectivity index (χ3v) is 4.94. The van der Waals surface area contributed by atoms with Gasteiger partial charge < -0.3 is 15.2 Å². The van der Waals surface area contributed by atoms with E-state index in [0.29, 0.717) is 6.04 Å². The second kappa shape index (κ2) is 6.67. The van der Waals surface area contributed by atoms with E-state index < -0.39 is 0 Å². The van der Waals surface area contributed by atoms with E-state index in [-0.39, 0.29) is 5.54 Å². The van der Waals surface area contributed by atoms with Crippen LogP contribution in [0.5, 0.6) is 11.5 Å². The van der Waals surface area contributed by atoms with Gasteiger partial charge in [0.25, 0.3) is 0 Å². The summed E-state index contributed by atoms with van der Waals surface area (Å²) in [5.41, 5.74) is 7.56. The Labute approximate surface area is 128 Å². The number of methoxy groups -OCH3 is 2. The van der Waals surface area contributed by atoms with Crippen LogP contribution in [0.2, 0.25) is 0 Å². The van der Waals surface area contributed by atoms with Crippen LogP contribution in [0.1, 0.15) is 38.7 Å². The average Bonchev–Trinajstić information content (AvgIpc) is 3.06. The van der Waals surface area contributed by atoms with Gasteiger partial charge in [-0.2, -0.15) is 0 Å². The Morgan fingerprint density at radius 1 is 1.19 bits per heavy atom. The summed E-state index contributed by atoms with van der Waals surface area (Å²) in [6, 6.07) is 6.34. The molecule has 0 aliphatic carbocycles. The Hall–Kier alpha value is -1.26. The van der Waals surface area contributed by atoms with Crippen molar-refractivity contribution < 1.29 is 9.47 Å². The Morgan fingerprint density at radius 3 is 2.33 bits per heavy atom. The van der Waals surface area contributed by atoms with Crippen LogP contribution in [-0.4, -0.2) is 38.3 Å². The molecule has 2 atom stereocenters. The highest BCUT2D eigenvalue weighted by atomic mass is 16.5. The number of nitrogens with two attached hydrogens (primary N) is 1. The van der Waals surface area contributed by atoms with E-state index in [1.165, 1.54) is 12.8 Å². The van der Waals surface area contributed by atoms with Gasteiger partial charge in [-0.15, -0.1) is 0 Å². The number of hydrogen-bond acceptors (Lipinski definition) is 4. The SMILES string of the molecule is CCC(N)(c1ccc(OC)c(OC)c1)C(C)N1CCCC1. The fourth-order valence-corrected chi connectivity index (χ4v) is 3.32. The standard InChI is InChI=1S/C17H28N2O2/c1-5-17(18,13(2)19-10-6-7-11-19)14-8-9-15(20-3)16(12-14)21-4/h8-9,12-13H,5-7,10-11,18H2,1-4H3. The monoisotopic (exact) mass is 292 g/mol. The number of nitrogens with zero attached hydrogens (tertiary/aromatic N) is 1. The van der Waals surface area contributed by atoms with Crippen molar-refractivity contribution >= 4 is 0 Å². The van der Waals surface area contributed by atoms with Crippen molar-refractivity contribution in [1.82, 2.24) is 4.90 Å². The second-order valence-electron chi connectivity index (χ2n) is 5.88. The summed E-state index contributed by atoms with van der Waals surface area (Å²) >= 11 is 0. The fraction of sp³-hybridized carbons (Fsp3) is 0.647. The largest absolute Gasteiger partial charge is 0.493 e. The lowest BCUT2D eigenvalue weighted by atomic mass is 9.81. The van der Waals surface area contributed by atoms with Gasteiger partial charge in [-0.1, -0.05) is 13.0 Å². The van der Waals surface area contributed by atoms with Gasteiger partial charge in [-0.3, -0.25) is 4.90 Å². The van der Waals surface area contributed by atoms with Gasteiger partial charge >= 0.3 is 0 Å². The predicted molar refractivity (Wildman–Crippen MR) is 86.0 cm³/mol. The number of ether oxygens (including phenoxy) is 2. The van der Waals surface area contributed by atoms with E-state index in [2.05, 4.69) is 24.8 Å². The van der Waals surface area contributed by atoms with E-state index >= 15 is 0 Å². The molecule has 1 saturated heterocycles. The van der Waals surface area contributed by atoms with Crippen LogP contribution in [0.4, 0.5) is 0 Å². The highest BCUT2D eigenvalue weighted by Crippen LogP contribution is 2.36. The summed E-state index contributed by atoms with van der Waals surface area (Å²) in [5.74, 6) is 1.49. The first-order valence-electron chi connectivity index (χ1n) is 7.82. The summed E-state index contributed by atoms with van der Waals surface area (Å²) < 4.78 is 10.7. The van der Waals surface area contributed by atoms with Gasteiger partial charge in [0.05, 0.1) is 19.8 Å². The summed E-state index contributed by atoms with van der Waals surface area (Å²) in [4.78, 5) is 2.50. The van der Waals surface area contributed by atoms with Crippen LogP contribution in [0.15, 0.2) is 18.2 Å². The van der Waals surface area contributed by atoms with Gasteiger partial charge in [-0.05, 0) is 57.0 Å². The molecule has 1 heterocycles. The molecule has 2 rings (SSSR count). The molecule has 1 aromatic rings. The Balaban J connectivity index is 2.34. The second-order valence-corrected chi connectivity index (χ2v) is 5.88. The molecule has 2 unspecified atom stereocenters. The predicted octanol–water partition coefficient (Wildman–Crippen LogP) is 2.75. The lowest BCUT2D eigenvalue weighted by Gasteiger charge is -2.40. The molecule has 0 radical (unpaired) electrons. The topological polar surface area (TPSA) is 47.7 Å². The maximum absolute atomic E-state index is 6.82. The van der Waals surface area contributed by atoms with Crippen LogP contribution < -0.4 is 15.2 Å². The molecule has 2 N–H and O–H groups in total. The van der Waals surface area contributed by atoms with Crippen molar-refractivity contribution in [2.45, 2.75) is 44.7 Å². The van der Waals surface area contributed by atoms with Gasteiger partial charge in [0.15, 0.2) is 11.5 Å². The van der Waals surface area contributed by atoms with E-state index in [0.717, 1.165) is 36.6 Å². The van der Waals surface area contributed by atoms with Crippen LogP contribution in [0, 0.1) is 0 Å². The zero-order valence-corrected chi connectivity index (χ0v) is 13.7. The van der Waals surface area contributed by atoms with Crippen LogP contribution in [0.25, 0.3) is 0 Å². The van der Waals surface area contributed by atoms with Crippen LogP contribution in [0.3, 0.4) is 0 Å². The lowest BCUT2D eigenvalue weighted by Crippen LogP contribution is -2.53. The Bertz CT molecular complexity index is 472. The molecule has 1 fully saturated rings. The first-order valence-corrected chi connectivity index (χ1v) is 7.82. The van der Waals surface area contributed by atoms with Crippen molar-refractivity contribution in [2.24, 2.45) is 5.73 Å². The van der Waals surface area contributed by atoms with Gasteiger partial charge in [0, 0.05) is 6.04 Å². The maximum Gasteiger partial charge on any atom is 0.161 e. The minimum absolute atomic E-state index is 0.308. The molecule has 1 aliphatic rings. The summed E-state index contributed by atoms with van der Waals surface area (Å²) in [5, 5.41) is 0. The maximum atomic E-state index is 6.82. The molecule has 118 valence electrons. The molecule has 0 bridgehead atoms. The minimum atomic E-state index is -0.371. The molecule has 21 heavy (non-hydrogen) atoms. The molecule has 4 nitrogen and oxygen atoms in total. The summed E-state index contributed by atoms with van der Waals surface area (Å²) in [7, 11) is 3.32. The van der Waals surface area contributed by atoms with Gasteiger partial charge in [0.2, 0.25) is 0 Å². The molecule has 1 aliphatic heterocycles. The van der Waals surface area contributed by atoms with Crippen molar-refractivity contribution in [1.29, 1.82) is 0 Å². The first-order chi connectivity index (χ1) is 10.1. The molecule has 0 spiro atoms. The molecule has 1 aromatic carbocycles. The normalized spacial score (nSPS) is 20.0. The molecular formula is C17H28N2O2. The molecule has 4 heteroatoms. The molecule has 0 aromatic heterocycles. The molecule has 0 amide bonds. The van der Waals surface area contributed by atoms with Gasteiger partial charge in [0.1, 0.15) is 0 Å². The van der Waals surface area contributed by atoms with Crippen molar-refractivity contribution in [3.63, 3.8) is 0 Å². The van der Waals surface area contributed by atoms with E-state index in [1.54, 1.807) is 14.2 Å². The summed E-state index contributed by atoms with van der Waals surface area (Å²) in [6.45, 7) is 6.69. The van der Waals surface area contributed by atoms with Crippen molar-refractivity contribution in [3.05, 3.63) is 23.8 Å². The van der Waals surface area contributed by atoms with Crippen LogP contribution in [-0.2, 0) is 5.54 Å². The average molecular weight is 292 g/mol. The third kappa shape index (κ3) is 3.01. The van der Waals surface area contributed by atoms with Crippen LogP contribution >= 0.6 is 0 Å². The first kappa shape index (κ1) is 16.1. The minimum Gasteiger partial charge on any atom is -0.493 e. The zero-order valence-electron chi connectivity index (χ0n) is 13.7. The third-order valence-electron chi connectivity index (χ3n) is 4.94. The van der Waals surface area contributed by atoms with Crippen molar-refractivity contribution in [3.8, 4) is 11.5 Å². The Kier molecular flexibility index (Phi) is 5.12. The van der Waals surface area contributed by atoms with Gasteiger partial charge in [-0.25, -0.2) is 0 Å². The quantitative estimate of drug-likeness (QED) is 0.876. The fourth-order valence-electron chi connectivity index (χ4n) is 3.32. The number of rotatable bonds is 6. The van der Waals surface area contributed by atoms with Crippen molar-refractivity contribution in [2.75, 3.05) is 27.3 Å². The van der Waals surface area contributed by atoms with E-state index in [9.17, 15) is 0 Å². The Morgan fingerprint density at radius 2 is 1.81 bits per heavy atom. The highest BCUT2D eigenvalue weighted by Gasteiger charge is 2.37. The van der Waals surface area contributed by atoms with E-state index in [4.69, 9.17) is 15.2 Å². The zero-order chi connectivity index (χ0) is 15.5. The molecule has 0 saturated carbocycles. The van der Waals surface area contributed by atoms with E-state index in [1.807, 2.05) is 12.1 Å². The number of hydrogen-bond donors (Lipinski definition) is 1. The number of benzene rings is 1. The summed E-state index contributed by atoms with van der Waals surface area (Å²) in [6.07, 6.45) is 3.44. The smallest absolute Gasteiger partial charge is 0.161 e. The molecular weight excluding hydrogens is 264 g/mol. The highest BCUT2D eigenvalue weighted by molar-refractivity contribution is 5.45.